The van der Waals surface area contributed by atoms with E-state index in [2.05, 4.69) is 4.98 Å². The van der Waals surface area contributed by atoms with Crippen molar-refractivity contribution < 1.29 is 19.7 Å². The third-order valence-electron chi connectivity index (χ3n) is 3.57. The highest BCUT2D eigenvalue weighted by Crippen LogP contribution is 2.28. The van der Waals surface area contributed by atoms with Crippen molar-refractivity contribution in [2.24, 2.45) is 0 Å². The van der Waals surface area contributed by atoms with Crippen LogP contribution in [0.4, 0.5) is 0 Å². The topological polar surface area (TPSA) is 103 Å². The third-order valence-corrected chi connectivity index (χ3v) is 4.68. The second-order valence-corrected chi connectivity index (χ2v) is 6.39. The zero-order chi connectivity index (χ0) is 17.8. The zero-order valence-electron chi connectivity index (χ0n) is 13.0. The van der Waals surface area contributed by atoms with Gasteiger partial charge in [-0.25, -0.2) is 9.78 Å². The highest BCUT2D eigenvalue weighted by molar-refractivity contribution is 7.18. The average Bonchev–Trinajstić information content (AvgIpc) is 3.09. The minimum Gasteiger partial charge on any atom is -0.459 e. The van der Waals surface area contributed by atoms with E-state index in [9.17, 15) is 15.0 Å². The lowest BCUT2D eigenvalue weighted by atomic mass is 10.1. The summed E-state index contributed by atoms with van der Waals surface area (Å²) >= 11 is 1.21. The fourth-order valence-corrected chi connectivity index (χ4v) is 3.18. The Balaban J connectivity index is 1.63. The number of hydrogen-bond acceptors (Lipinski definition) is 7. The first kappa shape index (κ1) is 17.0. The van der Waals surface area contributed by atoms with E-state index in [1.54, 1.807) is 30.3 Å². The Hall–Kier alpha value is -2.79. The van der Waals surface area contributed by atoms with Crippen molar-refractivity contribution >= 4 is 27.5 Å². The number of fused-ring (bicyclic) bond motifs is 1. The lowest BCUT2D eigenvalue weighted by Gasteiger charge is -2.14. The monoisotopic (exact) mass is 354 g/mol. The first-order chi connectivity index (χ1) is 12.1. The molecule has 2 aromatic carbocycles. The fraction of sp³-hybridized carbons (Fsp3) is 0.167. The summed E-state index contributed by atoms with van der Waals surface area (Å²) in [4.78, 5) is 16.2. The molecule has 0 saturated carbocycles. The molecule has 0 fully saturated rings. The van der Waals surface area contributed by atoms with E-state index < -0.39 is 18.2 Å². The number of aliphatic hydroxyl groups is 2. The van der Waals surface area contributed by atoms with Crippen LogP contribution in [0.1, 0.15) is 22.2 Å². The summed E-state index contributed by atoms with van der Waals surface area (Å²) in [5, 5.41) is 29.2. The molecular weight excluding hydrogens is 340 g/mol. The number of hydrogen-bond donors (Lipinski definition) is 2. The van der Waals surface area contributed by atoms with Crippen LogP contribution in [0.15, 0.2) is 48.5 Å². The molecular formula is C18H14N2O4S. The second kappa shape index (κ2) is 7.40. The summed E-state index contributed by atoms with van der Waals surface area (Å²) < 4.78 is 5.88. The van der Waals surface area contributed by atoms with Crippen LogP contribution in [0.2, 0.25) is 0 Å². The summed E-state index contributed by atoms with van der Waals surface area (Å²) in [7, 11) is 0. The van der Waals surface area contributed by atoms with Gasteiger partial charge in [-0.15, -0.1) is 11.3 Å². The predicted octanol–water partition coefficient (Wildman–Crippen LogP) is 2.31. The highest BCUT2D eigenvalue weighted by Gasteiger charge is 2.29. The molecule has 1 aromatic heterocycles. The summed E-state index contributed by atoms with van der Waals surface area (Å²) in [6, 6.07) is 15.8. The van der Waals surface area contributed by atoms with E-state index in [1.165, 1.54) is 11.3 Å². The molecule has 126 valence electrons. The normalized spacial score (nSPS) is 13.2. The Morgan fingerprint density at radius 3 is 2.60 bits per heavy atom. The number of benzene rings is 2. The van der Waals surface area contributed by atoms with Crippen molar-refractivity contribution in [2.45, 2.75) is 18.8 Å². The van der Waals surface area contributed by atoms with Crippen LogP contribution >= 0.6 is 11.3 Å². The predicted molar refractivity (Wildman–Crippen MR) is 91.5 cm³/mol. The molecule has 0 saturated heterocycles. The number of nitrogens with zero attached hydrogens (tertiary/aromatic N) is 2. The van der Waals surface area contributed by atoms with E-state index in [4.69, 9.17) is 10.00 Å². The smallest absolute Gasteiger partial charge is 0.338 e. The van der Waals surface area contributed by atoms with Gasteiger partial charge in [-0.3, -0.25) is 0 Å². The van der Waals surface area contributed by atoms with Crippen LogP contribution in [0.3, 0.4) is 0 Å². The minimum atomic E-state index is -1.72. The van der Waals surface area contributed by atoms with Crippen molar-refractivity contribution in [2.75, 3.05) is 0 Å². The van der Waals surface area contributed by atoms with Gasteiger partial charge in [0.15, 0.2) is 6.10 Å². The average molecular weight is 354 g/mol. The maximum atomic E-state index is 12.0. The molecule has 6 nitrogen and oxygen atoms in total. The van der Waals surface area contributed by atoms with Gasteiger partial charge in [-0.05, 0) is 29.8 Å². The quantitative estimate of drug-likeness (QED) is 0.682. The molecule has 2 atom stereocenters. The van der Waals surface area contributed by atoms with Gasteiger partial charge >= 0.3 is 5.97 Å². The van der Waals surface area contributed by atoms with Gasteiger partial charge in [0, 0.05) is 0 Å². The number of rotatable bonds is 5. The molecule has 7 heteroatoms. The van der Waals surface area contributed by atoms with Gasteiger partial charge < -0.3 is 14.9 Å². The van der Waals surface area contributed by atoms with Crippen LogP contribution in [0, 0.1) is 11.3 Å². The largest absolute Gasteiger partial charge is 0.459 e. The van der Waals surface area contributed by atoms with Crippen LogP contribution in [-0.2, 0) is 16.1 Å². The second-order valence-electron chi connectivity index (χ2n) is 5.33. The standard InChI is InChI=1S/C18H14N2O4S/c19-9-11-5-7-12(8-6-11)10-24-18(23)16(22)15(21)17-20-13-3-1-2-4-14(13)25-17/h1-8,15-16,21-22H,10H2/t15-,16+/m0/s1. The molecule has 0 aliphatic heterocycles. The Kier molecular flexibility index (Phi) is 5.05. The van der Waals surface area contributed by atoms with Gasteiger partial charge in [0.2, 0.25) is 0 Å². The van der Waals surface area contributed by atoms with Crippen molar-refractivity contribution in [3.63, 3.8) is 0 Å². The Labute approximate surface area is 147 Å². The van der Waals surface area contributed by atoms with Crippen molar-refractivity contribution in [3.05, 3.63) is 64.7 Å². The fourth-order valence-electron chi connectivity index (χ4n) is 2.20. The van der Waals surface area contributed by atoms with Gasteiger partial charge in [-0.2, -0.15) is 5.26 Å². The molecule has 3 aromatic rings. The van der Waals surface area contributed by atoms with E-state index in [-0.39, 0.29) is 11.6 Å². The molecule has 0 aliphatic carbocycles. The summed E-state index contributed by atoms with van der Waals surface area (Å²) in [6.07, 6.45) is -3.18. The number of thiazole rings is 1. The van der Waals surface area contributed by atoms with Crippen molar-refractivity contribution in [3.8, 4) is 6.07 Å². The molecule has 1 heterocycles. The summed E-state index contributed by atoms with van der Waals surface area (Å²) in [6.45, 7) is -0.0613. The van der Waals surface area contributed by atoms with Crippen LogP contribution in [-0.4, -0.2) is 27.3 Å². The molecule has 25 heavy (non-hydrogen) atoms. The Morgan fingerprint density at radius 2 is 1.92 bits per heavy atom. The molecule has 0 amide bonds. The van der Waals surface area contributed by atoms with E-state index in [1.807, 2.05) is 24.3 Å². The first-order valence-electron chi connectivity index (χ1n) is 7.46. The van der Waals surface area contributed by atoms with E-state index in [0.29, 0.717) is 16.6 Å². The maximum absolute atomic E-state index is 12.0. The van der Waals surface area contributed by atoms with E-state index in [0.717, 1.165) is 4.70 Å². The van der Waals surface area contributed by atoms with Crippen molar-refractivity contribution in [1.82, 2.24) is 4.98 Å². The molecule has 0 unspecified atom stereocenters. The van der Waals surface area contributed by atoms with Gasteiger partial charge in [0.25, 0.3) is 0 Å². The number of carbonyl (C=O) groups excluding carboxylic acids is 1. The van der Waals surface area contributed by atoms with Crippen molar-refractivity contribution in [1.29, 1.82) is 5.26 Å². The summed E-state index contributed by atoms with van der Waals surface area (Å²) in [5.74, 6) is -0.934. The lowest BCUT2D eigenvalue weighted by Crippen LogP contribution is -2.29. The summed E-state index contributed by atoms with van der Waals surface area (Å²) in [5.41, 5.74) is 1.87. The molecule has 2 N–H and O–H groups in total. The number of ether oxygens (including phenoxy) is 1. The molecule has 0 bridgehead atoms. The number of nitriles is 1. The number of carbonyl (C=O) groups is 1. The number of aliphatic hydroxyl groups excluding tert-OH is 2. The third kappa shape index (κ3) is 3.83. The highest BCUT2D eigenvalue weighted by atomic mass is 32.1. The van der Waals surface area contributed by atoms with E-state index >= 15 is 0 Å². The minimum absolute atomic E-state index is 0.0613. The number of esters is 1. The first-order valence-corrected chi connectivity index (χ1v) is 8.27. The van der Waals surface area contributed by atoms with Crippen LogP contribution < -0.4 is 0 Å². The lowest BCUT2D eigenvalue weighted by molar-refractivity contribution is -0.161. The SMILES string of the molecule is N#Cc1ccc(COC(=O)[C@H](O)[C@H](O)c2nc3ccccc3s2)cc1. The molecule has 0 radical (unpaired) electrons. The molecule has 3 rings (SSSR count). The molecule has 0 aliphatic rings. The Bertz CT molecular complexity index is 897. The van der Waals surface area contributed by atoms with Gasteiger partial charge in [0.1, 0.15) is 17.7 Å². The molecule has 0 spiro atoms. The maximum Gasteiger partial charge on any atom is 0.338 e. The zero-order valence-corrected chi connectivity index (χ0v) is 13.8. The number of aromatic nitrogens is 1. The van der Waals surface area contributed by atoms with Gasteiger partial charge in [0.05, 0.1) is 21.8 Å². The Morgan fingerprint density at radius 1 is 1.20 bits per heavy atom. The van der Waals surface area contributed by atoms with Crippen LogP contribution in [0.25, 0.3) is 10.2 Å². The number of para-hydroxylation sites is 1. The van der Waals surface area contributed by atoms with Gasteiger partial charge in [-0.1, -0.05) is 24.3 Å². The van der Waals surface area contributed by atoms with Crippen LogP contribution in [0.5, 0.6) is 0 Å².